The van der Waals surface area contributed by atoms with Crippen molar-refractivity contribution in [2.45, 2.75) is 39.7 Å². The number of nitrogens with two attached hydrogens (primary N) is 1. The summed E-state index contributed by atoms with van der Waals surface area (Å²) in [4.78, 5) is 0. The Hall–Kier alpha value is -0.820. The summed E-state index contributed by atoms with van der Waals surface area (Å²) in [5, 5.41) is 0. The molecule has 0 aromatic heterocycles. The first kappa shape index (κ1) is 9.72. The van der Waals surface area contributed by atoms with Gasteiger partial charge in [0, 0.05) is 5.54 Å². The molecule has 2 rings (SSSR count). The zero-order chi connectivity index (χ0) is 10.6. The van der Waals surface area contributed by atoms with Gasteiger partial charge in [0.15, 0.2) is 0 Å². The van der Waals surface area contributed by atoms with Crippen LogP contribution in [0.1, 0.15) is 37.0 Å². The number of benzene rings is 1. The van der Waals surface area contributed by atoms with Crippen molar-refractivity contribution in [1.29, 1.82) is 0 Å². The monoisotopic (exact) mass is 189 g/mol. The van der Waals surface area contributed by atoms with E-state index in [4.69, 9.17) is 5.73 Å². The van der Waals surface area contributed by atoms with Crippen molar-refractivity contribution in [2.75, 3.05) is 0 Å². The van der Waals surface area contributed by atoms with Gasteiger partial charge in [0.2, 0.25) is 0 Å². The molecular formula is C13H19N. The fourth-order valence-electron chi connectivity index (χ4n) is 2.35. The van der Waals surface area contributed by atoms with Crippen LogP contribution in [0.25, 0.3) is 0 Å². The number of rotatable bonds is 1. The van der Waals surface area contributed by atoms with E-state index in [0.29, 0.717) is 0 Å². The molecule has 0 heterocycles. The smallest absolute Gasteiger partial charge is 0.0470 e. The summed E-state index contributed by atoms with van der Waals surface area (Å²) in [5.41, 5.74) is 10.6. The summed E-state index contributed by atoms with van der Waals surface area (Å²) in [6.07, 6.45) is 1.10. The van der Waals surface area contributed by atoms with Crippen LogP contribution in [-0.4, -0.2) is 0 Å². The van der Waals surface area contributed by atoms with Crippen molar-refractivity contribution in [3.8, 4) is 0 Å². The highest BCUT2D eigenvalue weighted by Crippen LogP contribution is 2.60. The standard InChI is InChI=1S/C13H19N/c1-9-6-5-7-11(10(9)2)13(14)8-12(13,3)4/h5-7H,8,14H2,1-4H3. The van der Waals surface area contributed by atoms with E-state index in [0.717, 1.165) is 6.42 Å². The van der Waals surface area contributed by atoms with Gasteiger partial charge in [-0.2, -0.15) is 0 Å². The number of aryl methyl sites for hydroxylation is 1. The second kappa shape index (κ2) is 2.60. The average molecular weight is 189 g/mol. The second-order valence-electron chi connectivity index (χ2n) is 5.28. The first-order chi connectivity index (χ1) is 6.38. The van der Waals surface area contributed by atoms with Gasteiger partial charge in [-0.1, -0.05) is 32.0 Å². The van der Waals surface area contributed by atoms with Gasteiger partial charge in [-0.25, -0.2) is 0 Å². The summed E-state index contributed by atoms with van der Waals surface area (Å²) < 4.78 is 0. The van der Waals surface area contributed by atoms with Crippen LogP contribution in [0.2, 0.25) is 0 Å². The lowest BCUT2D eigenvalue weighted by Gasteiger charge is -2.19. The van der Waals surface area contributed by atoms with Gasteiger partial charge in [0.25, 0.3) is 0 Å². The van der Waals surface area contributed by atoms with Crippen LogP contribution in [0.15, 0.2) is 18.2 Å². The number of hydrogen-bond acceptors (Lipinski definition) is 1. The van der Waals surface area contributed by atoms with E-state index in [1.165, 1.54) is 16.7 Å². The molecule has 76 valence electrons. The SMILES string of the molecule is Cc1cccc(C2(N)CC2(C)C)c1C. The van der Waals surface area contributed by atoms with Crippen molar-refractivity contribution in [3.63, 3.8) is 0 Å². The fourth-order valence-corrected chi connectivity index (χ4v) is 2.35. The van der Waals surface area contributed by atoms with Crippen LogP contribution in [-0.2, 0) is 5.54 Å². The molecule has 14 heavy (non-hydrogen) atoms. The lowest BCUT2D eigenvalue weighted by atomic mass is 9.91. The molecule has 1 aliphatic rings. The van der Waals surface area contributed by atoms with Gasteiger partial charge in [-0.05, 0) is 42.4 Å². The van der Waals surface area contributed by atoms with Crippen molar-refractivity contribution in [1.82, 2.24) is 0 Å². The van der Waals surface area contributed by atoms with Crippen molar-refractivity contribution in [3.05, 3.63) is 34.9 Å². The number of hydrogen-bond donors (Lipinski definition) is 1. The Kier molecular flexibility index (Phi) is 1.81. The topological polar surface area (TPSA) is 26.0 Å². The van der Waals surface area contributed by atoms with Crippen LogP contribution in [0.5, 0.6) is 0 Å². The minimum absolute atomic E-state index is 0.0803. The summed E-state index contributed by atoms with van der Waals surface area (Å²) in [6, 6.07) is 6.44. The third-order valence-electron chi connectivity index (χ3n) is 3.89. The molecule has 1 aromatic carbocycles. The van der Waals surface area contributed by atoms with E-state index in [9.17, 15) is 0 Å². The maximum Gasteiger partial charge on any atom is 0.0470 e. The molecule has 1 unspecified atom stereocenters. The summed E-state index contributed by atoms with van der Waals surface area (Å²) in [6.45, 7) is 8.81. The zero-order valence-corrected chi connectivity index (χ0v) is 9.52. The highest BCUT2D eigenvalue weighted by atomic mass is 14.9. The summed E-state index contributed by atoms with van der Waals surface area (Å²) in [5.74, 6) is 0. The predicted molar refractivity (Wildman–Crippen MR) is 60.2 cm³/mol. The van der Waals surface area contributed by atoms with Crippen molar-refractivity contribution >= 4 is 0 Å². The molecule has 1 nitrogen and oxygen atoms in total. The molecule has 2 N–H and O–H groups in total. The first-order valence-electron chi connectivity index (χ1n) is 5.24. The first-order valence-corrected chi connectivity index (χ1v) is 5.24. The molecule has 1 aliphatic carbocycles. The largest absolute Gasteiger partial charge is 0.321 e. The highest BCUT2D eigenvalue weighted by molar-refractivity contribution is 5.43. The third kappa shape index (κ3) is 1.12. The van der Waals surface area contributed by atoms with E-state index in [1.807, 2.05) is 0 Å². The molecule has 1 fully saturated rings. The maximum absolute atomic E-state index is 6.42. The molecule has 0 saturated heterocycles. The van der Waals surface area contributed by atoms with Crippen LogP contribution < -0.4 is 5.73 Å². The van der Waals surface area contributed by atoms with Crippen LogP contribution in [0.4, 0.5) is 0 Å². The van der Waals surface area contributed by atoms with E-state index >= 15 is 0 Å². The van der Waals surface area contributed by atoms with Gasteiger partial charge >= 0.3 is 0 Å². The molecule has 1 atom stereocenters. The Labute approximate surface area is 86.3 Å². The van der Waals surface area contributed by atoms with E-state index in [1.54, 1.807) is 0 Å². The normalized spacial score (nSPS) is 28.9. The molecule has 0 spiro atoms. The molecule has 0 bridgehead atoms. The lowest BCUT2D eigenvalue weighted by molar-refractivity contribution is 0.508. The summed E-state index contributed by atoms with van der Waals surface area (Å²) in [7, 11) is 0. The molecule has 0 amide bonds. The predicted octanol–water partition coefficient (Wildman–Crippen LogP) is 2.89. The Morgan fingerprint density at radius 2 is 1.79 bits per heavy atom. The minimum atomic E-state index is -0.0803. The van der Waals surface area contributed by atoms with Crippen LogP contribution >= 0.6 is 0 Å². The van der Waals surface area contributed by atoms with Gasteiger partial charge in [-0.15, -0.1) is 0 Å². The zero-order valence-electron chi connectivity index (χ0n) is 9.52. The van der Waals surface area contributed by atoms with Crippen LogP contribution in [0, 0.1) is 19.3 Å². The van der Waals surface area contributed by atoms with Gasteiger partial charge < -0.3 is 5.73 Å². The molecule has 1 saturated carbocycles. The summed E-state index contributed by atoms with van der Waals surface area (Å²) >= 11 is 0. The maximum atomic E-state index is 6.42. The van der Waals surface area contributed by atoms with Gasteiger partial charge in [-0.3, -0.25) is 0 Å². The average Bonchev–Trinajstić information content (AvgIpc) is 2.58. The molecular weight excluding hydrogens is 170 g/mol. The Morgan fingerprint density at radius 3 is 2.29 bits per heavy atom. The van der Waals surface area contributed by atoms with Gasteiger partial charge in [0.05, 0.1) is 0 Å². The molecule has 1 aromatic rings. The van der Waals surface area contributed by atoms with Gasteiger partial charge in [0.1, 0.15) is 0 Å². The van der Waals surface area contributed by atoms with E-state index < -0.39 is 0 Å². The second-order valence-corrected chi connectivity index (χ2v) is 5.28. The quantitative estimate of drug-likeness (QED) is 0.722. The third-order valence-corrected chi connectivity index (χ3v) is 3.89. The Bertz CT molecular complexity index is 379. The highest BCUT2D eigenvalue weighted by Gasteiger charge is 2.59. The molecule has 0 aliphatic heterocycles. The lowest BCUT2D eigenvalue weighted by Crippen LogP contribution is -2.26. The van der Waals surface area contributed by atoms with Crippen molar-refractivity contribution < 1.29 is 0 Å². The van der Waals surface area contributed by atoms with E-state index in [-0.39, 0.29) is 11.0 Å². The fraction of sp³-hybridized carbons (Fsp3) is 0.538. The Balaban J connectivity index is 2.49. The molecule has 0 radical (unpaired) electrons. The molecule has 1 heteroatoms. The van der Waals surface area contributed by atoms with Crippen molar-refractivity contribution in [2.24, 2.45) is 11.1 Å². The van der Waals surface area contributed by atoms with Crippen LogP contribution in [0.3, 0.4) is 0 Å². The minimum Gasteiger partial charge on any atom is -0.321 e. The van der Waals surface area contributed by atoms with E-state index in [2.05, 4.69) is 45.9 Å². The Morgan fingerprint density at radius 1 is 1.21 bits per heavy atom.